The van der Waals surface area contributed by atoms with Gasteiger partial charge in [0.15, 0.2) is 0 Å². The van der Waals surface area contributed by atoms with Gasteiger partial charge in [0.05, 0.1) is 18.2 Å². The van der Waals surface area contributed by atoms with Gasteiger partial charge >= 0.3 is 0 Å². The molecule has 0 bridgehead atoms. The van der Waals surface area contributed by atoms with Crippen molar-refractivity contribution in [3.8, 4) is 0 Å². The predicted octanol–water partition coefficient (Wildman–Crippen LogP) is 0.935. The van der Waals surface area contributed by atoms with E-state index in [-0.39, 0.29) is 30.0 Å². The number of hydrogen-bond acceptors (Lipinski definition) is 5. The molecule has 3 heterocycles. The summed E-state index contributed by atoms with van der Waals surface area (Å²) in [5.74, 6) is 0.608. The number of rotatable bonds is 5. The molecule has 7 heteroatoms. The zero-order chi connectivity index (χ0) is 20.3. The van der Waals surface area contributed by atoms with Gasteiger partial charge in [0.1, 0.15) is 0 Å². The summed E-state index contributed by atoms with van der Waals surface area (Å²) in [6.07, 6.45) is 4.75. The number of piperazine rings is 1. The van der Waals surface area contributed by atoms with E-state index in [1.807, 2.05) is 4.90 Å². The van der Waals surface area contributed by atoms with Crippen LogP contribution >= 0.6 is 0 Å². The van der Waals surface area contributed by atoms with Crippen molar-refractivity contribution in [1.29, 1.82) is 0 Å². The third kappa shape index (κ3) is 5.05. The van der Waals surface area contributed by atoms with E-state index in [1.54, 1.807) is 4.90 Å². The van der Waals surface area contributed by atoms with E-state index in [2.05, 4.69) is 38.2 Å². The molecule has 3 saturated heterocycles. The molecule has 1 spiro atoms. The number of carbonyl (C=O) groups is 2. The zero-order valence-electron chi connectivity index (χ0n) is 18.1. The largest absolute Gasteiger partial charge is 0.375 e. The molecule has 2 unspecified atom stereocenters. The van der Waals surface area contributed by atoms with Crippen LogP contribution in [0.15, 0.2) is 0 Å². The molecular formula is C21H38N4O3. The number of nitrogens with one attached hydrogen (secondary N) is 1. The highest BCUT2D eigenvalue weighted by Gasteiger charge is 2.42. The molecule has 2 amide bonds. The number of amides is 2. The monoisotopic (exact) mass is 394 g/mol. The van der Waals surface area contributed by atoms with Crippen LogP contribution in [-0.4, -0.2) is 97.6 Å². The molecule has 0 aromatic carbocycles. The summed E-state index contributed by atoms with van der Waals surface area (Å²) in [4.78, 5) is 31.5. The minimum atomic E-state index is -0.148. The lowest BCUT2D eigenvalue weighted by Crippen LogP contribution is -2.59. The highest BCUT2D eigenvalue weighted by atomic mass is 16.5. The molecule has 0 radical (unpaired) electrons. The van der Waals surface area contributed by atoms with E-state index >= 15 is 0 Å². The Morgan fingerprint density at radius 1 is 1.29 bits per heavy atom. The Balaban J connectivity index is 1.50. The van der Waals surface area contributed by atoms with E-state index in [0.29, 0.717) is 18.5 Å². The van der Waals surface area contributed by atoms with Gasteiger partial charge in [-0.25, -0.2) is 0 Å². The Morgan fingerprint density at radius 2 is 2.00 bits per heavy atom. The summed E-state index contributed by atoms with van der Waals surface area (Å²) >= 11 is 0. The second-order valence-electron chi connectivity index (χ2n) is 9.42. The Bertz CT molecular complexity index is 558. The van der Waals surface area contributed by atoms with Gasteiger partial charge in [0, 0.05) is 38.8 Å². The third-order valence-electron chi connectivity index (χ3n) is 6.64. The molecule has 160 valence electrons. The van der Waals surface area contributed by atoms with E-state index in [0.717, 1.165) is 58.3 Å². The fraction of sp³-hybridized carbons (Fsp3) is 0.905. The van der Waals surface area contributed by atoms with Crippen molar-refractivity contribution in [2.45, 2.75) is 63.6 Å². The molecule has 28 heavy (non-hydrogen) atoms. The van der Waals surface area contributed by atoms with Crippen molar-refractivity contribution in [3.05, 3.63) is 0 Å². The van der Waals surface area contributed by atoms with Crippen molar-refractivity contribution >= 4 is 11.8 Å². The van der Waals surface area contributed by atoms with Gasteiger partial charge in [-0.1, -0.05) is 13.8 Å². The molecule has 0 aliphatic carbocycles. The standard InChI is InChI=1S/C21H38N4O3/c1-16(2)13-18-20(27)25(11-8-22-18)15-19(26)24-9-6-21(7-10-24)14-17(23(3)4)5-12-28-21/h16-18,22H,5-15H2,1-4H3. The molecule has 0 saturated carbocycles. The Hall–Kier alpha value is -1.18. The molecule has 1 N–H and O–H groups in total. The number of piperidine rings is 1. The van der Waals surface area contributed by atoms with Crippen LogP contribution in [0.2, 0.25) is 0 Å². The Labute approximate surface area is 169 Å². The molecule has 3 fully saturated rings. The topological polar surface area (TPSA) is 65.1 Å². The smallest absolute Gasteiger partial charge is 0.242 e. The zero-order valence-corrected chi connectivity index (χ0v) is 18.1. The molecule has 0 aromatic heterocycles. The van der Waals surface area contributed by atoms with Gasteiger partial charge in [-0.05, 0) is 52.1 Å². The molecule has 3 aliphatic heterocycles. The maximum Gasteiger partial charge on any atom is 0.242 e. The van der Waals surface area contributed by atoms with Crippen molar-refractivity contribution < 1.29 is 14.3 Å². The summed E-state index contributed by atoms with van der Waals surface area (Å²) in [7, 11) is 4.28. The maximum absolute atomic E-state index is 12.8. The first-order valence-corrected chi connectivity index (χ1v) is 10.9. The van der Waals surface area contributed by atoms with Crippen LogP contribution in [0.5, 0.6) is 0 Å². The third-order valence-corrected chi connectivity index (χ3v) is 6.64. The van der Waals surface area contributed by atoms with E-state index in [9.17, 15) is 9.59 Å². The van der Waals surface area contributed by atoms with Crippen LogP contribution in [-0.2, 0) is 14.3 Å². The van der Waals surface area contributed by atoms with E-state index in [4.69, 9.17) is 4.74 Å². The molecule has 7 nitrogen and oxygen atoms in total. The number of likely N-dealkylation sites (tertiary alicyclic amines) is 1. The first kappa shape index (κ1) is 21.5. The number of nitrogens with zero attached hydrogens (tertiary/aromatic N) is 3. The second-order valence-corrected chi connectivity index (χ2v) is 9.42. The molecule has 3 rings (SSSR count). The summed E-state index contributed by atoms with van der Waals surface area (Å²) in [5, 5.41) is 3.30. The fourth-order valence-electron chi connectivity index (χ4n) is 4.82. The SMILES string of the molecule is CC(C)CC1NCCN(CC(=O)N2CCC3(CC2)CC(N(C)C)CCO3)C1=O. The summed E-state index contributed by atoms with van der Waals surface area (Å²) < 4.78 is 6.20. The van der Waals surface area contributed by atoms with Gasteiger partial charge in [-0.2, -0.15) is 0 Å². The van der Waals surface area contributed by atoms with Gasteiger partial charge in [-0.15, -0.1) is 0 Å². The average Bonchev–Trinajstić information content (AvgIpc) is 2.65. The van der Waals surface area contributed by atoms with Crippen LogP contribution in [0.1, 0.15) is 46.0 Å². The van der Waals surface area contributed by atoms with Crippen LogP contribution in [0, 0.1) is 5.92 Å². The molecular weight excluding hydrogens is 356 g/mol. The summed E-state index contributed by atoms with van der Waals surface area (Å²) in [6.45, 7) is 8.10. The highest BCUT2D eigenvalue weighted by molar-refractivity contribution is 5.88. The van der Waals surface area contributed by atoms with Crippen LogP contribution in [0.4, 0.5) is 0 Å². The Kier molecular flexibility index (Phi) is 6.99. The minimum absolute atomic E-state index is 0.0722. The lowest BCUT2D eigenvalue weighted by molar-refractivity contribution is -0.152. The van der Waals surface area contributed by atoms with Gasteiger partial charge in [0.25, 0.3) is 0 Å². The van der Waals surface area contributed by atoms with Crippen molar-refractivity contribution in [2.24, 2.45) is 5.92 Å². The van der Waals surface area contributed by atoms with Crippen LogP contribution < -0.4 is 5.32 Å². The first-order chi connectivity index (χ1) is 13.3. The van der Waals surface area contributed by atoms with Crippen molar-refractivity contribution in [1.82, 2.24) is 20.0 Å². The number of hydrogen-bond donors (Lipinski definition) is 1. The Morgan fingerprint density at radius 3 is 2.64 bits per heavy atom. The van der Waals surface area contributed by atoms with Crippen molar-refractivity contribution in [3.63, 3.8) is 0 Å². The first-order valence-electron chi connectivity index (χ1n) is 10.9. The summed E-state index contributed by atoms with van der Waals surface area (Å²) in [5.41, 5.74) is -0.0722. The molecule has 2 atom stereocenters. The quantitative estimate of drug-likeness (QED) is 0.752. The van der Waals surface area contributed by atoms with Crippen LogP contribution in [0.25, 0.3) is 0 Å². The fourth-order valence-corrected chi connectivity index (χ4v) is 4.82. The lowest BCUT2D eigenvalue weighted by Gasteiger charge is -2.47. The molecule has 0 aromatic rings. The van der Waals surface area contributed by atoms with Crippen molar-refractivity contribution in [2.75, 3.05) is 53.4 Å². The van der Waals surface area contributed by atoms with E-state index < -0.39 is 0 Å². The van der Waals surface area contributed by atoms with Gasteiger partial charge in [-0.3, -0.25) is 9.59 Å². The van der Waals surface area contributed by atoms with Gasteiger partial charge in [0.2, 0.25) is 11.8 Å². The number of carbonyl (C=O) groups excluding carboxylic acids is 2. The average molecular weight is 395 g/mol. The van der Waals surface area contributed by atoms with E-state index in [1.165, 1.54) is 0 Å². The minimum Gasteiger partial charge on any atom is -0.375 e. The second kappa shape index (κ2) is 9.09. The normalized spacial score (nSPS) is 28.4. The maximum atomic E-state index is 12.8. The molecule has 3 aliphatic rings. The number of ether oxygens (including phenoxy) is 1. The predicted molar refractivity (Wildman–Crippen MR) is 109 cm³/mol. The van der Waals surface area contributed by atoms with Crippen LogP contribution in [0.3, 0.4) is 0 Å². The highest BCUT2D eigenvalue weighted by Crippen LogP contribution is 2.36. The van der Waals surface area contributed by atoms with Gasteiger partial charge < -0.3 is 24.8 Å². The lowest BCUT2D eigenvalue weighted by atomic mass is 9.82. The summed E-state index contributed by atoms with van der Waals surface area (Å²) in [6, 6.07) is 0.414.